The number of rotatable bonds is 6. The fourth-order valence-electron chi connectivity index (χ4n) is 2.01. The van der Waals surface area contributed by atoms with Gasteiger partial charge in [0.1, 0.15) is 5.75 Å². The van der Waals surface area contributed by atoms with E-state index in [2.05, 4.69) is 25.1 Å². The van der Waals surface area contributed by atoms with E-state index in [-0.39, 0.29) is 0 Å². The molecule has 0 fully saturated rings. The Morgan fingerprint density at radius 1 is 1.47 bits per heavy atom. The maximum absolute atomic E-state index is 5.73. The van der Waals surface area contributed by atoms with E-state index in [0.717, 1.165) is 37.5 Å². The molecule has 0 bridgehead atoms. The number of halogens is 1. The van der Waals surface area contributed by atoms with Gasteiger partial charge in [0, 0.05) is 17.6 Å². The van der Waals surface area contributed by atoms with Gasteiger partial charge in [-0.05, 0) is 35.8 Å². The van der Waals surface area contributed by atoms with Crippen molar-refractivity contribution < 1.29 is 4.74 Å². The fraction of sp³-hybridized carbons (Fsp3) is 0.571. The zero-order chi connectivity index (χ0) is 12.1. The lowest BCUT2D eigenvalue weighted by atomic mass is 10.1. The van der Waals surface area contributed by atoms with Crippen LogP contribution in [0.15, 0.2) is 18.2 Å². The van der Waals surface area contributed by atoms with Crippen LogP contribution < -0.4 is 4.74 Å². The first-order chi connectivity index (χ1) is 8.29. The number of aryl methyl sites for hydroxylation is 1. The van der Waals surface area contributed by atoms with Crippen LogP contribution in [0.2, 0.25) is 0 Å². The van der Waals surface area contributed by atoms with Gasteiger partial charge < -0.3 is 4.74 Å². The van der Waals surface area contributed by atoms with Gasteiger partial charge >= 0.3 is 0 Å². The van der Waals surface area contributed by atoms with Gasteiger partial charge in [-0.1, -0.05) is 19.1 Å². The Labute approximate surface area is 113 Å². The maximum atomic E-state index is 5.73. The number of ether oxygens (including phenoxy) is 1. The Bertz CT molecular complexity index is 367. The predicted molar refractivity (Wildman–Crippen MR) is 76.6 cm³/mol. The van der Waals surface area contributed by atoms with Crippen LogP contribution in [-0.2, 0) is 12.8 Å². The summed E-state index contributed by atoms with van der Waals surface area (Å²) in [6.07, 6.45) is 3.31. The highest BCUT2D eigenvalue weighted by molar-refractivity contribution is 7.99. The van der Waals surface area contributed by atoms with E-state index in [9.17, 15) is 0 Å². The lowest BCUT2D eigenvalue weighted by Gasteiger charge is -2.09. The van der Waals surface area contributed by atoms with Crippen molar-refractivity contribution in [1.29, 1.82) is 0 Å². The molecule has 1 aliphatic rings. The average Bonchev–Trinajstić information content (AvgIpc) is 2.76. The average molecular weight is 271 g/mol. The monoisotopic (exact) mass is 270 g/mol. The van der Waals surface area contributed by atoms with E-state index >= 15 is 0 Å². The maximum Gasteiger partial charge on any atom is 0.122 e. The van der Waals surface area contributed by atoms with E-state index in [4.69, 9.17) is 16.3 Å². The topological polar surface area (TPSA) is 9.23 Å². The van der Waals surface area contributed by atoms with Crippen molar-refractivity contribution in [3.8, 4) is 5.75 Å². The lowest BCUT2D eigenvalue weighted by molar-refractivity contribution is 0.357. The summed E-state index contributed by atoms with van der Waals surface area (Å²) in [6.45, 7) is 3.10. The van der Waals surface area contributed by atoms with Crippen molar-refractivity contribution >= 4 is 23.4 Å². The largest absolute Gasteiger partial charge is 0.493 e. The number of hydrogen-bond acceptors (Lipinski definition) is 2. The minimum atomic E-state index is 0.672. The van der Waals surface area contributed by atoms with Crippen LogP contribution in [0.5, 0.6) is 5.75 Å². The molecule has 1 aromatic carbocycles. The summed E-state index contributed by atoms with van der Waals surface area (Å²) in [6, 6.07) is 6.61. The van der Waals surface area contributed by atoms with Gasteiger partial charge in [0.25, 0.3) is 0 Å². The van der Waals surface area contributed by atoms with E-state index < -0.39 is 0 Å². The van der Waals surface area contributed by atoms with Crippen LogP contribution >= 0.6 is 23.4 Å². The second-order valence-corrected chi connectivity index (χ2v) is 6.37. The molecular weight excluding hydrogens is 252 g/mol. The molecule has 3 heteroatoms. The standard InChI is InChI=1S/C14H19ClOS/c1-11(4-7-15)17-9-6-12-2-3-14-13(10-12)5-8-16-14/h2-3,10-11H,4-9H2,1H3. The number of hydrogen-bond donors (Lipinski definition) is 0. The highest BCUT2D eigenvalue weighted by atomic mass is 35.5. The summed E-state index contributed by atoms with van der Waals surface area (Å²) in [7, 11) is 0. The van der Waals surface area contributed by atoms with Crippen molar-refractivity contribution in [2.75, 3.05) is 18.2 Å². The first-order valence-electron chi connectivity index (χ1n) is 6.22. The second kappa shape index (κ2) is 6.55. The van der Waals surface area contributed by atoms with Crippen LogP contribution in [0.25, 0.3) is 0 Å². The molecule has 0 aromatic heterocycles. The molecule has 2 rings (SSSR count). The molecule has 1 unspecified atom stereocenters. The van der Waals surface area contributed by atoms with Crippen LogP contribution in [0.4, 0.5) is 0 Å². The summed E-state index contributed by atoms with van der Waals surface area (Å²) in [5.41, 5.74) is 2.81. The van der Waals surface area contributed by atoms with Crippen LogP contribution in [0.1, 0.15) is 24.5 Å². The van der Waals surface area contributed by atoms with Crippen molar-refractivity contribution in [3.63, 3.8) is 0 Å². The minimum Gasteiger partial charge on any atom is -0.493 e. The summed E-state index contributed by atoms with van der Waals surface area (Å²) in [5, 5.41) is 0.672. The molecule has 0 saturated carbocycles. The SMILES string of the molecule is CC(CCCl)SCCc1ccc2c(c1)CCO2. The van der Waals surface area contributed by atoms with Crippen molar-refractivity contribution in [2.24, 2.45) is 0 Å². The van der Waals surface area contributed by atoms with Crippen molar-refractivity contribution in [3.05, 3.63) is 29.3 Å². The molecule has 0 aliphatic carbocycles. The molecule has 94 valence electrons. The van der Waals surface area contributed by atoms with Gasteiger partial charge in [-0.2, -0.15) is 11.8 Å². The molecule has 0 spiro atoms. The molecule has 1 aromatic rings. The number of fused-ring (bicyclic) bond motifs is 1. The molecule has 0 amide bonds. The smallest absolute Gasteiger partial charge is 0.122 e. The first-order valence-corrected chi connectivity index (χ1v) is 7.80. The van der Waals surface area contributed by atoms with Gasteiger partial charge in [0.2, 0.25) is 0 Å². The number of alkyl halides is 1. The number of benzene rings is 1. The third-order valence-corrected chi connectivity index (χ3v) is 4.53. The van der Waals surface area contributed by atoms with E-state index in [1.54, 1.807) is 0 Å². The molecule has 17 heavy (non-hydrogen) atoms. The van der Waals surface area contributed by atoms with E-state index in [1.165, 1.54) is 16.9 Å². The summed E-state index contributed by atoms with van der Waals surface area (Å²) in [5.74, 6) is 3.03. The quantitative estimate of drug-likeness (QED) is 0.725. The Morgan fingerprint density at radius 3 is 3.18 bits per heavy atom. The summed E-state index contributed by atoms with van der Waals surface area (Å²) < 4.78 is 5.51. The molecule has 0 N–H and O–H groups in total. The highest BCUT2D eigenvalue weighted by Crippen LogP contribution is 2.26. The minimum absolute atomic E-state index is 0.672. The van der Waals surface area contributed by atoms with Crippen LogP contribution in [-0.4, -0.2) is 23.5 Å². The lowest BCUT2D eigenvalue weighted by Crippen LogP contribution is -2.00. The zero-order valence-corrected chi connectivity index (χ0v) is 11.8. The van der Waals surface area contributed by atoms with E-state index in [1.807, 2.05) is 11.8 Å². The second-order valence-electron chi connectivity index (χ2n) is 4.45. The first kappa shape index (κ1) is 13.1. The molecular formula is C14H19ClOS. The van der Waals surface area contributed by atoms with Gasteiger partial charge in [0.05, 0.1) is 6.61 Å². The van der Waals surface area contributed by atoms with E-state index in [0.29, 0.717) is 5.25 Å². The van der Waals surface area contributed by atoms with Crippen LogP contribution in [0.3, 0.4) is 0 Å². The molecule has 0 saturated heterocycles. The fourth-order valence-corrected chi connectivity index (χ4v) is 3.51. The van der Waals surface area contributed by atoms with Crippen molar-refractivity contribution in [1.82, 2.24) is 0 Å². The van der Waals surface area contributed by atoms with Gasteiger partial charge in [0.15, 0.2) is 0 Å². The molecule has 1 atom stereocenters. The Morgan fingerprint density at radius 2 is 2.35 bits per heavy atom. The van der Waals surface area contributed by atoms with Gasteiger partial charge in [-0.25, -0.2) is 0 Å². The third kappa shape index (κ3) is 3.82. The third-order valence-electron chi connectivity index (χ3n) is 3.06. The summed E-state index contributed by atoms with van der Waals surface area (Å²) in [4.78, 5) is 0. The zero-order valence-electron chi connectivity index (χ0n) is 10.2. The van der Waals surface area contributed by atoms with Crippen LogP contribution in [0, 0.1) is 0 Å². The van der Waals surface area contributed by atoms with Crippen molar-refractivity contribution in [2.45, 2.75) is 31.4 Å². The van der Waals surface area contributed by atoms with Gasteiger partial charge in [-0.15, -0.1) is 11.6 Å². The predicted octanol–water partition coefficient (Wildman–Crippen LogP) is 3.91. The molecule has 1 heterocycles. The molecule has 1 aliphatic heterocycles. The number of thioether (sulfide) groups is 1. The summed E-state index contributed by atoms with van der Waals surface area (Å²) >= 11 is 7.74. The molecule has 1 nitrogen and oxygen atoms in total. The molecule has 0 radical (unpaired) electrons. The Hall–Kier alpha value is -0.340. The highest BCUT2D eigenvalue weighted by Gasteiger charge is 2.11. The Kier molecular flexibility index (Phi) is 5.05. The Balaban J connectivity index is 1.79. The normalized spacial score (nSPS) is 15.4. The van der Waals surface area contributed by atoms with Gasteiger partial charge in [-0.3, -0.25) is 0 Å².